The maximum atomic E-state index is 11.2. The Morgan fingerprint density at radius 1 is 0.500 bits per heavy atom. The molecule has 0 aliphatic rings. The molecule has 0 amide bonds. The fourth-order valence-electron chi connectivity index (χ4n) is 1.79. The molecule has 0 spiro atoms. The van der Waals surface area contributed by atoms with Gasteiger partial charge in [-0.1, -0.05) is 6.07 Å². The van der Waals surface area contributed by atoms with Gasteiger partial charge in [0.05, 0.1) is 14.7 Å². The molecule has 2 rings (SSSR count). The van der Waals surface area contributed by atoms with Crippen molar-refractivity contribution in [1.82, 2.24) is 0 Å². The first-order valence-electron chi connectivity index (χ1n) is 5.26. The molecule has 0 saturated heterocycles. The first-order valence-corrected chi connectivity index (χ1v) is 9.48. The summed E-state index contributed by atoms with van der Waals surface area (Å²) >= 11 is 0. The third kappa shape index (κ3) is 15.7. The number of rotatable bonds is 3. The topological polar surface area (TPSA) is 172 Å². The monoisotopic (exact) mass is 549 g/mol. The standard InChI is InChI=1S/C10H8O9S3.8Na/c11-20(12,13)7-1-2-9-6(3-7)4-8(21(14,15)16)5-10(9)22(17,18)19;;;;;;;;/h1-5H,(H,11,12,13)(H,14,15,16)(H,17,18,19);;;;;;;;/q;8*+1/p-3. The Kier molecular flexibility index (Phi) is 37.4. The van der Waals surface area contributed by atoms with E-state index in [1.165, 1.54) is 0 Å². The van der Waals surface area contributed by atoms with Crippen LogP contribution in [0.1, 0.15) is 0 Å². The molecule has 0 bridgehead atoms. The van der Waals surface area contributed by atoms with Gasteiger partial charge in [-0.25, -0.2) is 25.3 Å². The van der Waals surface area contributed by atoms with Crippen LogP contribution in [0.3, 0.4) is 0 Å². The molecule has 9 nitrogen and oxygen atoms in total. The van der Waals surface area contributed by atoms with Crippen LogP contribution in [0.5, 0.6) is 0 Å². The van der Waals surface area contributed by atoms with Crippen LogP contribution in [-0.4, -0.2) is 38.9 Å². The maximum absolute atomic E-state index is 11.2. The van der Waals surface area contributed by atoms with E-state index in [9.17, 15) is 38.9 Å². The molecular formula is C10H5Na8O9S3+5. The summed E-state index contributed by atoms with van der Waals surface area (Å²) < 4.78 is 99.3. The summed E-state index contributed by atoms with van der Waals surface area (Å²) in [5.41, 5.74) is 0. The fourth-order valence-corrected chi connectivity index (χ4v) is 3.63. The molecule has 0 aromatic heterocycles. The van der Waals surface area contributed by atoms with Gasteiger partial charge in [-0.05, 0) is 35.0 Å². The third-order valence-corrected chi connectivity index (χ3v) is 5.23. The molecule has 0 unspecified atom stereocenters. The van der Waals surface area contributed by atoms with E-state index in [0.29, 0.717) is 18.2 Å². The van der Waals surface area contributed by atoms with Crippen LogP contribution in [-0.2, 0) is 30.4 Å². The van der Waals surface area contributed by atoms with Crippen molar-refractivity contribution in [1.29, 1.82) is 0 Å². The summed E-state index contributed by atoms with van der Waals surface area (Å²) in [4.78, 5) is -2.81. The zero-order valence-electron chi connectivity index (χ0n) is 18.3. The smallest absolute Gasteiger partial charge is 0.744 e. The summed E-state index contributed by atoms with van der Waals surface area (Å²) in [6, 6.07) is 3.39. The van der Waals surface area contributed by atoms with Crippen molar-refractivity contribution in [3.63, 3.8) is 0 Å². The van der Waals surface area contributed by atoms with Gasteiger partial charge in [0.15, 0.2) is 0 Å². The van der Waals surface area contributed by atoms with Crippen molar-refractivity contribution in [3.8, 4) is 0 Å². The van der Waals surface area contributed by atoms with E-state index in [0.717, 1.165) is 12.1 Å². The number of fused-ring (bicyclic) bond motifs is 1. The van der Waals surface area contributed by atoms with Crippen LogP contribution < -0.4 is 236 Å². The molecular weight excluding hydrogens is 544 g/mol. The van der Waals surface area contributed by atoms with Crippen LogP contribution in [0.25, 0.3) is 10.8 Å². The molecule has 2 aromatic rings. The second-order valence-electron chi connectivity index (χ2n) is 4.17. The van der Waals surface area contributed by atoms with Gasteiger partial charge in [-0.15, -0.1) is 0 Å². The quantitative estimate of drug-likeness (QED) is 0.266. The molecule has 20 heteroatoms. The average Bonchev–Trinajstić information content (AvgIpc) is 2.33. The zero-order chi connectivity index (χ0) is 16.9. The van der Waals surface area contributed by atoms with Crippen LogP contribution >= 0.6 is 0 Å². The van der Waals surface area contributed by atoms with E-state index in [-0.39, 0.29) is 247 Å². The van der Waals surface area contributed by atoms with Crippen molar-refractivity contribution in [2.24, 2.45) is 0 Å². The zero-order valence-corrected chi connectivity index (χ0v) is 36.7. The minimum absolute atomic E-state index is 0. The third-order valence-electron chi connectivity index (χ3n) is 2.71. The summed E-state index contributed by atoms with van der Waals surface area (Å²) in [7, 11) is -15.1. The van der Waals surface area contributed by atoms with Gasteiger partial charge in [0, 0.05) is 0 Å². The Balaban J connectivity index is -0.000000132. The summed E-state index contributed by atoms with van der Waals surface area (Å²) in [6.07, 6.45) is 0. The van der Waals surface area contributed by atoms with Crippen LogP contribution in [0.15, 0.2) is 45.0 Å². The van der Waals surface area contributed by atoms with Crippen molar-refractivity contribution >= 4 is 41.1 Å². The van der Waals surface area contributed by atoms with E-state index in [4.69, 9.17) is 0 Å². The molecule has 120 valence electrons. The molecule has 0 fully saturated rings. The van der Waals surface area contributed by atoms with Crippen molar-refractivity contribution in [2.45, 2.75) is 14.7 Å². The maximum Gasteiger partial charge on any atom is 1.00 e. The Morgan fingerprint density at radius 3 is 1.20 bits per heavy atom. The second-order valence-corrected chi connectivity index (χ2v) is 8.27. The predicted octanol–water partition coefficient (Wildman–Crippen LogP) is -24.4. The van der Waals surface area contributed by atoms with Gasteiger partial charge in [0.1, 0.15) is 30.4 Å². The summed E-state index contributed by atoms with van der Waals surface area (Å²) in [5.74, 6) is 0. The van der Waals surface area contributed by atoms with E-state index in [1.807, 2.05) is 0 Å². The van der Waals surface area contributed by atoms with Gasteiger partial charge >= 0.3 is 236 Å². The van der Waals surface area contributed by atoms with E-state index >= 15 is 0 Å². The fraction of sp³-hybridized carbons (Fsp3) is 0. The molecule has 2 aromatic carbocycles. The van der Waals surface area contributed by atoms with E-state index in [1.54, 1.807) is 0 Å². The minimum atomic E-state index is -5.14. The Labute approximate surface area is 352 Å². The van der Waals surface area contributed by atoms with E-state index in [2.05, 4.69) is 0 Å². The summed E-state index contributed by atoms with van der Waals surface area (Å²) in [5, 5.41) is -0.668. The molecule has 0 saturated carbocycles. The Morgan fingerprint density at radius 2 is 0.867 bits per heavy atom. The van der Waals surface area contributed by atoms with Gasteiger partial charge in [0.25, 0.3) is 0 Å². The van der Waals surface area contributed by atoms with Crippen molar-refractivity contribution in [3.05, 3.63) is 30.3 Å². The molecule has 0 aliphatic heterocycles. The van der Waals surface area contributed by atoms with Gasteiger partial charge in [0.2, 0.25) is 0 Å². The molecule has 0 aliphatic carbocycles. The van der Waals surface area contributed by atoms with Gasteiger partial charge in [-0.3, -0.25) is 0 Å². The predicted molar refractivity (Wildman–Crippen MR) is 67.8 cm³/mol. The van der Waals surface area contributed by atoms with Gasteiger partial charge in [-0.2, -0.15) is 0 Å². The summed E-state index contributed by atoms with van der Waals surface area (Å²) in [6.45, 7) is 0. The molecule has 30 heavy (non-hydrogen) atoms. The number of benzene rings is 2. The Hall–Kier alpha value is 6.43. The normalized spacial score (nSPS) is 9.83. The number of hydrogen-bond donors (Lipinski definition) is 0. The Bertz CT molecular complexity index is 1100. The SMILES string of the molecule is O=S(=O)([O-])c1ccc2c(S(=O)(=O)[O-])cc(S(=O)(=O)[O-])cc2c1.[Na+].[Na+].[Na+].[Na+].[Na+].[Na+].[Na+].[Na+]. The van der Waals surface area contributed by atoms with Crippen LogP contribution in [0.2, 0.25) is 0 Å². The average molecular weight is 549 g/mol. The molecule has 0 heterocycles. The van der Waals surface area contributed by atoms with Crippen LogP contribution in [0.4, 0.5) is 0 Å². The van der Waals surface area contributed by atoms with E-state index < -0.39 is 45.0 Å². The van der Waals surface area contributed by atoms with Crippen molar-refractivity contribution in [2.75, 3.05) is 0 Å². The first kappa shape index (κ1) is 52.8. The molecule has 0 atom stereocenters. The number of hydrogen-bond acceptors (Lipinski definition) is 9. The second kappa shape index (κ2) is 21.3. The molecule has 0 radical (unpaired) electrons. The van der Waals surface area contributed by atoms with Crippen molar-refractivity contribution < 1.29 is 275 Å². The van der Waals surface area contributed by atoms with Crippen LogP contribution in [0, 0.1) is 0 Å². The first-order chi connectivity index (χ1) is 9.80. The minimum Gasteiger partial charge on any atom is -0.744 e. The van der Waals surface area contributed by atoms with Gasteiger partial charge < -0.3 is 13.7 Å². The largest absolute Gasteiger partial charge is 1.00 e. The molecule has 0 N–H and O–H groups in total.